The molecule has 0 bridgehead atoms. The van der Waals surface area contributed by atoms with E-state index in [0.29, 0.717) is 18.7 Å². The maximum absolute atomic E-state index is 13.7. The van der Waals surface area contributed by atoms with Crippen LogP contribution in [-0.2, 0) is 11.2 Å². The van der Waals surface area contributed by atoms with Crippen LogP contribution in [-0.4, -0.2) is 44.2 Å². The average molecular weight is 581 g/mol. The fourth-order valence-electron chi connectivity index (χ4n) is 4.60. The Hall–Kier alpha value is -3.15. The molecule has 0 saturated carbocycles. The fraction of sp³-hybridized carbons (Fsp3) is 0.185. The van der Waals surface area contributed by atoms with Gasteiger partial charge in [0, 0.05) is 28.3 Å². The van der Waals surface area contributed by atoms with E-state index in [1.54, 1.807) is 16.8 Å². The van der Waals surface area contributed by atoms with Gasteiger partial charge in [0.1, 0.15) is 18.3 Å². The first kappa shape index (κ1) is 24.2. The van der Waals surface area contributed by atoms with Gasteiger partial charge in [-0.15, -0.1) is 0 Å². The molecule has 1 aliphatic rings. The van der Waals surface area contributed by atoms with Crippen molar-refractivity contribution >= 4 is 37.5 Å². The lowest BCUT2D eigenvalue weighted by atomic mass is 10.1. The molecule has 37 heavy (non-hydrogen) atoms. The Morgan fingerprint density at radius 2 is 1.92 bits per heavy atom. The highest BCUT2D eigenvalue weighted by molar-refractivity contribution is 9.10. The van der Waals surface area contributed by atoms with Crippen molar-refractivity contribution in [1.29, 1.82) is 0 Å². The fourth-order valence-corrected chi connectivity index (χ4v) is 5.58. The van der Waals surface area contributed by atoms with Crippen LogP contribution in [0.5, 0.6) is 0 Å². The third-order valence-corrected chi connectivity index (χ3v) is 7.84. The molecule has 1 saturated heterocycles. The Morgan fingerprint density at radius 1 is 1.14 bits per heavy atom. The molecule has 1 fully saturated rings. The van der Waals surface area contributed by atoms with Gasteiger partial charge in [-0.05, 0) is 72.6 Å². The van der Waals surface area contributed by atoms with Gasteiger partial charge in [0.15, 0.2) is 0 Å². The first-order valence-electron chi connectivity index (χ1n) is 11.7. The van der Waals surface area contributed by atoms with Gasteiger partial charge >= 0.3 is 4.87 Å². The molecule has 3 aromatic carbocycles. The van der Waals surface area contributed by atoms with Gasteiger partial charge in [0.05, 0.1) is 28.2 Å². The Kier molecular flexibility index (Phi) is 6.51. The zero-order chi connectivity index (χ0) is 25.5. The number of H-pyrrole nitrogens is 1. The minimum absolute atomic E-state index is 0.0771. The number of fused-ring (bicyclic) bond motifs is 1. The molecule has 2 atom stereocenters. The van der Waals surface area contributed by atoms with Crippen LogP contribution < -0.4 is 4.87 Å². The van der Waals surface area contributed by atoms with Crippen LogP contribution in [0.15, 0.2) is 82.2 Å². The van der Waals surface area contributed by atoms with Gasteiger partial charge in [-0.1, -0.05) is 33.3 Å². The molecule has 2 unspecified atom stereocenters. The normalized spacial score (nSPS) is 18.1. The van der Waals surface area contributed by atoms with Crippen molar-refractivity contribution in [1.82, 2.24) is 19.7 Å². The molecule has 6 rings (SSSR count). The smallest absolute Gasteiger partial charge is 0.305 e. The first-order chi connectivity index (χ1) is 17.9. The summed E-state index contributed by atoms with van der Waals surface area (Å²) in [7, 11) is 0. The van der Waals surface area contributed by atoms with E-state index in [2.05, 4.69) is 20.9 Å². The SMILES string of the molecule is O=c1[nH]c2cc(CCN3C(O)COC3c3cn(-c4ccc(Br)cc4)nc3-c3ccc(F)cc3)ccc2s1. The van der Waals surface area contributed by atoms with Gasteiger partial charge < -0.3 is 14.8 Å². The predicted molar refractivity (Wildman–Crippen MR) is 144 cm³/mol. The summed E-state index contributed by atoms with van der Waals surface area (Å²) < 4.78 is 23.4. The molecule has 1 aliphatic heterocycles. The number of rotatable bonds is 6. The Morgan fingerprint density at radius 3 is 2.70 bits per heavy atom. The van der Waals surface area contributed by atoms with Crippen LogP contribution in [0.25, 0.3) is 27.2 Å². The number of hydrogen-bond acceptors (Lipinski definition) is 6. The number of benzene rings is 3. The second-order valence-corrected chi connectivity index (χ2v) is 10.8. The number of aliphatic hydroxyl groups excluding tert-OH is 1. The molecule has 0 radical (unpaired) electrons. The average Bonchev–Trinajstić information content (AvgIpc) is 3.59. The van der Waals surface area contributed by atoms with Crippen LogP contribution in [0.1, 0.15) is 17.4 Å². The van der Waals surface area contributed by atoms with E-state index in [0.717, 1.165) is 37.1 Å². The molecule has 0 amide bonds. The van der Waals surface area contributed by atoms with E-state index in [-0.39, 0.29) is 17.3 Å². The highest BCUT2D eigenvalue weighted by Gasteiger charge is 2.36. The molecule has 7 nitrogen and oxygen atoms in total. The summed E-state index contributed by atoms with van der Waals surface area (Å²) in [6, 6.07) is 19.9. The van der Waals surface area contributed by atoms with Crippen LogP contribution in [0, 0.1) is 5.82 Å². The van der Waals surface area contributed by atoms with Crippen LogP contribution >= 0.6 is 27.3 Å². The molecule has 3 heterocycles. The monoisotopic (exact) mass is 580 g/mol. The molecule has 2 N–H and O–H groups in total. The van der Waals surface area contributed by atoms with Gasteiger partial charge in [-0.25, -0.2) is 14.0 Å². The van der Waals surface area contributed by atoms with Gasteiger partial charge in [0.25, 0.3) is 0 Å². The lowest BCUT2D eigenvalue weighted by Crippen LogP contribution is -2.34. The maximum Gasteiger partial charge on any atom is 0.305 e. The van der Waals surface area contributed by atoms with Gasteiger partial charge in [-0.2, -0.15) is 5.10 Å². The summed E-state index contributed by atoms with van der Waals surface area (Å²) in [6.45, 7) is 0.686. The number of aromatic amines is 1. The highest BCUT2D eigenvalue weighted by atomic mass is 79.9. The van der Waals surface area contributed by atoms with E-state index in [4.69, 9.17) is 9.84 Å². The second-order valence-electron chi connectivity index (χ2n) is 8.86. The van der Waals surface area contributed by atoms with Crippen molar-refractivity contribution in [3.8, 4) is 16.9 Å². The molecule has 188 valence electrons. The highest BCUT2D eigenvalue weighted by Crippen LogP contribution is 2.36. The molecule has 10 heteroatoms. The van der Waals surface area contributed by atoms with Gasteiger partial charge in [-0.3, -0.25) is 4.79 Å². The third-order valence-electron chi connectivity index (χ3n) is 6.45. The molecule has 0 aliphatic carbocycles. The summed E-state index contributed by atoms with van der Waals surface area (Å²) in [4.78, 5) is 16.4. The lowest BCUT2D eigenvalue weighted by Gasteiger charge is -2.25. The quantitative estimate of drug-likeness (QED) is 0.287. The second kappa shape index (κ2) is 9.96. The summed E-state index contributed by atoms with van der Waals surface area (Å²) >= 11 is 4.65. The minimum Gasteiger partial charge on any atom is -0.376 e. The number of hydrogen-bond donors (Lipinski definition) is 2. The first-order valence-corrected chi connectivity index (χ1v) is 13.3. The number of nitrogens with one attached hydrogen (secondary N) is 1. The molecular weight excluding hydrogens is 559 g/mol. The zero-order valence-corrected chi connectivity index (χ0v) is 21.9. The number of aromatic nitrogens is 3. The van der Waals surface area contributed by atoms with Crippen LogP contribution in [0.3, 0.4) is 0 Å². The number of halogens is 2. The van der Waals surface area contributed by atoms with E-state index >= 15 is 0 Å². The molecule has 0 spiro atoms. The van der Waals surface area contributed by atoms with Crippen LogP contribution in [0.2, 0.25) is 0 Å². The summed E-state index contributed by atoms with van der Waals surface area (Å²) in [5.41, 5.74) is 4.92. The van der Waals surface area contributed by atoms with E-state index in [1.807, 2.05) is 53.6 Å². The molecular formula is C27H22BrFN4O3S. The standard InChI is InChI=1S/C27H22BrFN4O3S/c28-18-4-8-20(9-5-18)33-14-21(25(31-33)17-2-6-19(29)7-3-17)26-32(24(34)15-36-26)12-11-16-1-10-23-22(13-16)30-27(35)37-23/h1-10,13-14,24,26,34H,11-12,15H2,(H,30,35). The third kappa shape index (κ3) is 4.90. The number of thiazole rings is 1. The number of ether oxygens (including phenoxy) is 1. The number of aliphatic hydroxyl groups is 1. The minimum atomic E-state index is -0.785. The zero-order valence-electron chi connectivity index (χ0n) is 19.5. The Labute approximate surface area is 223 Å². The molecule has 5 aromatic rings. The van der Waals surface area contributed by atoms with Crippen molar-refractivity contribution in [2.75, 3.05) is 13.2 Å². The van der Waals surface area contributed by atoms with Crippen molar-refractivity contribution in [3.05, 3.63) is 104 Å². The molecule has 2 aromatic heterocycles. The van der Waals surface area contributed by atoms with Crippen LogP contribution in [0.4, 0.5) is 4.39 Å². The maximum atomic E-state index is 13.7. The van der Waals surface area contributed by atoms with Gasteiger partial charge in [0.2, 0.25) is 0 Å². The summed E-state index contributed by atoms with van der Waals surface area (Å²) in [6.07, 6.45) is 1.23. The lowest BCUT2D eigenvalue weighted by molar-refractivity contribution is -0.000579. The van der Waals surface area contributed by atoms with Crippen molar-refractivity contribution in [2.45, 2.75) is 18.9 Å². The predicted octanol–water partition coefficient (Wildman–Crippen LogP) is 5.24. The Bertz CT molecular complexity index is 1610. The Balaban J connectivity index is 1.33. The van der Waals surface area contributed by atoms with Crippen molar-refractivity contribution in [3.63, 3.8) is 0 Å². The van der Waals surface area contributed by atoms with E-state index in [1.165, 1.54) is 23.5 Å². The largest absolute Gasteiger partial charge is 0.376 e. The van der Waals surface area contributed by atoms with Crippen molar-refractivity contribution in [2.24, 2.45) is 0 Å². The summed E-state index contributed by atoms with van der Waals surface area (Å²) in [5, 5.41) is 15.6. The topological polar surface area (TPSA) is 83.4 Å². The van der Waals surface area contributed by atoms with Crippen molar-refractivity contribution < 1.29 is 14.2 Å². The number of nitrogens with zero attached hydrogens (tertiary/aromatic N) is 3. The summed E-state index contributed by atoms with van der Waals surface area (Å²) in [5.74, 6) is -0.323. The van der Waals surface area contributed by atoms with E-state index < -0.39 is 12.5 Å². The van der Waals surface area contributed by atoms with E-state index in [9.17, 15) is 14.3 Å².